The lowest BCUT2D eigenvalue weighted by atomic mass is 9.98. The highest BCUT2D eigenvalue weighted by Gasteiger charge is 2.39. The minimum atomic E-state index is -0.548. The minimum Gasteiger partial charge on any atom is -0.445 e. The molecule has 1 saturated carbocycles. The van der Waals surface area contributed by atoms with E-state index in [1.165, 1.54) is 0 Å². The van der Waals surface area contributed by atoms with Gasteiger partial charge in [-0.2, -0.15) is 0 Å². The lowest BCUT2D eigenvalue weighted by Gasteiger charge is -2.28. The van der Waals surface area contributed by atoms with Crippen LogP contribution in [0.25, 0.3) is 0 Å². The average molecular weight is 249 g/mol. The third kappa shape index (κ3) is 3.01. The van der Waals surface area contributed by atoms with Crippen LogP contribution < -0.4 is 5.32 Å². The molecule has 18 heavy (non-hydrogen) atoms. The molecule has 1 amide bonds. The van der Waals surface area contributed by atoms with Crippen LogP contribution in [0.15, 0.2) is 30.3 Å². The van der Waals surface area contributed by atoms with E-state index in [1.54, 1.807) is 0 Å². The van der Waals surface area contributed by atoms with Gasteiger partial charge >= 0.3 is 6.09 Å². The SMILES string of the molecule is CC1(NC(=O)OCc2ccccc2)CCC[C@H]1O. The molecule has 0 aromatic heterocycles. The number of aliphatic hydroxyl groups excluding tert-OH is 1. The fourth-order valence-electron chi connectivity index (χ4n) is 2.29. The molecule has 2 rings (SSSR count). The van der Waals surface area contributed by atoms with Crippen molar-refractivity contribution in [2.75, 3.05) is 0 Å². The van der Waals surface area contributed by atoms with Crippen molar-refractivity contribution in [3.63, 3.8) is 0 Å². The summed E-state index contributed by atoms with van der Waals surface area (Å²) in [7, 11) is 0. The molecular formula is C14H19NO3. The summed E-state index contributed by atoms with van der Waals surface area (Å²) in [5.74, 6) is 0. The molecule has 1 fully saturated rings. The maximum atomic E-state index is 11.7. The van der Waals surface area contributed by atoms with Crippen LogP contribution in [0.1, 0.15) is 31.7 Å². The van der Waals surface area contributed by atoms with E-state index in [4.69, 9.17) is 4.74 Å². The molecule has 0 spiro atoms. The Morgan fingerprint density at radius 2 is 2.22 bits per heavy atom. The molecule has 1 aliphatic rings. The first-order valence-corrected chi connectivity index (χ1v) is 6.27. The summed E-state index contributed by atoms with van der Waals surface area (Å²) in [6, 6.07) is 9.52. The van der Waals surface area contributed by atoms with Crippen molar-refractivity contribution in [2.45, 2.75) is 44.4 Å². The number of carbonyl (C=O) groups excluding carboxylic acids is 1. The molecule has 0 radical (unpaired) electrons. The molecule has 1 aromatic rings. The predicted octanol–water partition coefficient (Wildman–Crippen LogP) is 2.22. The second kappa shape index (κ2) is 5.40. The van der Waals surface area contributed by atoms with Gasteiger partial charge in [-0.3, -0.25) is 0 Å². The fraction of sp³-hybridized carbons (Fsp3) is 0.500. The van der Waals surface area contributed by atoms with Gasteiger partial charge in [-0.25, -0.2) is 4.79 Å². The van der Waals surface area contributed by atoms with Gasteiger partial charge in [-0.1, -0.05) is 30.3 Å². The van der Waals surface area contributed by atoms with Crippen LogP contribution in [0.3, 0.4) is 0 Å². The molecule has 4 heteroatoms. The number of alkyl carbamates (subject to hydrolysis) is 1. The van der Waals surface area contributed by atoms with Crippen molar-refractivity contribution >= 4 is 6.09 Å². The third-order valence-corrected chi connectivity index (χ3v) is 3.51. The molecule has 0 saturated heterocycles. The largest absolute Gasteiger partial charge is 0.445 e. The van der Waals surface area contributed by atoms with E-state index in [1.807, 2.05) is 37.3 Å². The van der Waals surface area contributed by atoms with Crippen molar-refractivity contribution in [2.24, 2.45) is 0 Å². The maximum absolute atomic E-state index is 11.7. The van der Waals surface area contributed by atoms with Crippen molar-refractivity contribution in [3.8, 4) is 0 Å². The molecule has 1 aliphatic carbocycles. The van der Waals surface area contributed by atoms with E-state index in [9.17, 15) is 9.90 Å². The topological polar surface area (TPSA) is 58.6 Å². The highest BCUT2D eigenvalue weighted by atomic mass is 16.5. The van der Waals surface area contributed by atoms with E-state index in [0.717, 1.165) is 24.8 Å². The van der Waals surface area contributed by atoms with Gasteiger partial charge in [-0.05, 0) is 31.7 Å². The number of nitrogens with one attached hydrogen (secondary N) is 1. The Balaban J connectivity index is 1.82. The van der Waals surface area contributed by atoms with E-state index in [-0.39, 0.29) is 6.61 Å². The first-order valence-electron chi connectivity index (χ1n) is 6.27. The Morgan fingerprint density at radius 1 is 1.50 bits per heavy atom. The summed E-state index contributed by atoms with van der Waals surface area (Å²) in [5.41, 5.74) is 0.401. The first-order chi connectivity index (χ1) is 8.60. The van der Waals surface area contributed by atoms with Crippen molar-refractivity contribution in [1.29, 1.82) is 0 Å². The molecule has 1 aromatic carbocycles. The molecule has 4 nitrogen and oxygen atoms in total. The molecular weight excluding hydrogens is 230 g/mol. The quantitative estimate of drug-likeness (QED) is 0.863. The second-order valence-electron chi connectivity index (χ2n) is 5.01. The number of ether oxygens (including phenoxy) is 1. The summed E-state index contributed by atoms with van der Waals surface area (Å²) in [6.07, 6.45) is 1.49. The van der Waals surface area contributed by atoms with Crippen LogP contribution in [0.4, 0.5) is 4.79 Å². The minimum absolute atomic E-state index is 0.249. The van der Waals surface area contributed by atoms with Gasteiger partial charge in [-0.15, -0.1) is 0 Å². The maximum Gasteiger partial charge on any atom is 0.407 e. The zero-order chi connectivity index (χ0) is 13.0. The van der Waals surface area contributed by atoms with Gasteiger partial charge in [0.15, 0.2) is 0 Å². The summed E-state index contributed by atoms with van der Waals surface area (Å²) in [5, 5.41) is 12.6. The normalized spacial score (nSPS) is 26.9. The molecule has 0 heterocycles. The fourth-order valence-corrected chi connectivity index (χ4v) is 2.29. The van der Waals surface area contributed by atoms with Gasteiger partial charge in [0.05, 0.1) is 11.6 Å². The van der Waals surface area contributed by atoms with Crippen molar-refractivity contribution in [1.82, 2.24) is 5.32 Å². The number of rotatable bonds is 3. The van der Waals surface area contributed by atoms with Crippen LogP contribution in [0.2, 0.25) is 0 Å². The Hall–Kier alpha value is -1.55. The summed E-state index contributed by atoms with van der Waals surface area (Å²) in [6.45, 7) is 2.10. The molecule has 1 unspecified atom stereocenters. The van der Waals surface area contributed by atoms with Crippen molar-refractivity contribution in [3.05, 3.63) is 35.9 Å². The standard InChI is InChI=1S/C14H19NO3/c1-14(9-5-8-12(14)16)15-13(17)18-10-11-6-3-2-4-7-11/h2-4,6-7,12,16H,5,8-10H2,1H3,(H,15,17)/t12-,14?/m1/s1. The van der Waals surface area contributed by atoms with Gasteiger partial charge in [0.1, 0.15) is 6.61 Å². The van der Waals surface area contributed by atoms with Crippen molar-refractivity contribution < 1.29 is 14.6 Å². The highest BCUT2D eigenvalue weighted by molar-refractivity contribution is 5.68. The monoisotopic (exact) mass is 249 g/mol. The number of amides is 1. The van der Waals surface area contributed by atoms with Gasteiger partial charge in [0.25, 0.3) is 0 Å². The average Bonchev–Trinajstić information content (AvgIpc) is 2.68. The summed E-state index contributed by atoms with van der Waals surface area (Å²) < 4.78 is 5.14. The zero-order valence-electron chi connectivity index (χ0n) is 10.6. The number of carbonyl (C=O) groups is 1. The molecule has 0 aliphatic heterocycles. The molecule has 98 valence electrons. The molecule has 2 N–H and O–H groups in total. The Labute approximate surface area is 107 Å². The smallest absolute Gasteiger partial charge is 0.407 e. The van der Waals surface area contributed by atoms with Crippen LogP contribution in [-0.2, 0) is 11.3 Å². The van der Waals surface area contributed by atoms with Crippen LogP contribution in [0.5, 0.6) is 0 Å². The zero-order valence-corrected chi connectivity index (χ0v) is 10.6. The van der Waals surface area contributed by atoms with Crippen LogP contribution >= 0.6 is 0 Å². The summed E-state index contributed by atoms with van der Waals surface area (Å²) >= 11 is 0. The van der Waals surface area contributed by atoms with Gasteiger partial charge < -0.3 is 15.2 Å². The van der Waals surface area contributed by atoms with Gasteiger partial charge in [0.2, 0.25) is 0 Å². The van der Waals surface area contributed by atoms with E-state index >= 15 is 0 Å². The summed E-state index contributed by atoms with van der Waals surface area (Å²) in [4.78, 5) is 11.7. The van der Waals surface area contributed by atoms with E-state index < -0.39 is 17.7 Å². The highest BCUT2D eigenvalue weighted by Crippen LogP contribution is 2.29. The number of aliphatic hydroxyl groups is 1. The van der Waals surface area contributed by atoms with Crippen LogP contribution in [0, 0.1) is 0 Å². The Morgan fingerprint density at radius 3 is 2.83 bits per heavy atom. The second-order valence-corrected chi connectivity index (χ2v) is 5.01. The van der Waals surface area contributed by atoms with Gasteiger partial charge in [0, 0.05) is 0 Å². The van der Waals surface area contributed by atoms with E-state index in [0.29, 0.717) is 0 Å². The molecule has 2 atom stereocenters. The predicted molar refractivity (Wildman–Crippen MR) is 68.0 cm³/mol. The number of benzene rings is 1. The lowest BCUT2D eigenvalue weighted by Crippen LogP contribution is -2.51. The van der Waals surface area contributed by atoms with E-state index in [2.05, 4.69) is 5.32 Å². The Kier molecular flexibility index (Phi) is 3.87. The number of hydrogen-bond donors (Lipinski definition) is 2. The Bertz CT molecular complexity index is 407. The van der Waals surface area contributed by atoms with Crippen LogP contribution in [-0.4, -0.2) is 22.8 Å². The lowest BCUT2D eigenvalue weighted by molar-refractivity contribution is 0.0782. The molecule has 0 bridgehead atoms. The third-order valence-electron chi connectivity index (χ3n) is 3.51. The number of hydrogen-bond acceptors (Lipinski definition) is 3. The first kappa shape index (κ1) is 12.9.